The average molecular weight is 504 g/mol. The number of unbranched alkanes of at least 4 members (excludes halogenated alkanes) is 1. The minimum Gasteiger partial charge on any atom is -0.481 e. The van der Waals surface area contributed by atoms with Gasteiger partial charge in [0.25, 0.3) is 5.91 Å². The fourth-order valence-electron chi connectivity index (χ4n) is 5.63. The third-order valence-electron chi connectivity index (χ3n) is 7.57. The molecule has 2 bridgehead atoms. The molecule has 3 aliphatic carbocycles. The number of nitrogens with one attached hydrogen (secondary N) is 1. The first-order valence-corrected chi connectivity index (χ1v) is 12.8. The first kappa shape index (κ1) is 22.5. The number of carbonyl (C=O) groups excluding carboxylic acids is 1. The van der Waals surface area contributed by atoms with Crippen LogP contribution >= 0.6 is 27.3 Å². The molecular formula is C25H30BrNO3S. The van der Waals surface area contributed by atoms with Gasteiger partial charge in [-0.1, -0.05) is 38.1 Å². The molecule has 0 spiro atoms. The standard InChI is InChI=1S/C25H30BrNO3S/c1-25(2)15-12-19(25)16(8-5-3-4-6-11-22(28)29)21(13-15)27-24(30)18-10-7-9-17-20(26)14-31-23(17)18/h3,5,7,9-10,14-16,19,21H,4,6,8,11-13H2,1-2H3,(H,27,30)(H,28,29)/b5-3-. The zero-order valence-corrected chi connectivity index (χ0v) is 20.5. The van der Waals surface area contributed by atoms with Crippen molar-refractivity contribution in [2.24, 2.45) is 23.2 Å². The predicted octanol–water partition coefficient (Wildman–Crippen LogP) is 6.65. The molecule has 166 valence electrons. The summed E-state index contributed by atoms with van der Waals surface area (Å²) in [5, 5.41) is 15.3. The molecule has 4 unspecified atom stereocenters. The lowest BCUT2D eigenvalue weighted by atomic mass is 9.44. The predicted molar refractivity (Wildman–Crippen MR) is 130 cm³/mol. The molecular weight excluding hydrogens is 474 g/mol. The number of carbonyl (C=O) groups is 2. The maximum Gasteiger partial charge on any atom is 0.303 e. The first-order chi connectivity index (χ1) is 14.8. The highest BCUT2D eigenvalue weighted by molar-refractivity contribution is 9.10. The van der Waals surface area contributed by atoms with Gasteiger partial charge in [0.15, 0.2) is 0 Å². The van der Waals surface area contributed by atoms with Crippen LogP contribution in [0.3, 0.4) is 0 Å². The van der Waals surface area contributed by atoms with Crippen molar-refractivity contribution in [1.29, 1.82) is 0 Å². The highest BCUT2D eigenvalue weighted by atomic mass is 79.9. The van der Waals surface area contributed by atoms with Gasteiger partial charge in [0, 0.05) is 32.4 Å². The van der Waals surface area contributed by atoms with Crippen molar-refractivity contribution >= 4 is 49.2 Å². The third-order valence-corrected chi connectivity index (χ3v) is 9.56. The molecule has 4 nitrogen and oxygen atoms in total. The Morgan fingerprint density at radius 1 is 1.29 bits per heavy atom. The summed E-state index contributed by atoms with van der Waals surface area (Å²) in [4.78, 5) is 23.9. The van der Waals surface area contributed by atoms with Gasteiger partial charge in [-0.15, -0.1) is 11.3 Å². The van der Waals surface area contributed by atoms with Crippen LogP contribution in [0.5, 0.6) is 0 Å². The number of allylic oxidation sites excluding steroid dienone is 2. The van der Waals surface area contributed by atoms with Gasteiger partial charge in [-0.2, -0.15) is 0 Å². The second-order valence-electron chi connectivity index (χ2n) is 9.60. The lowest BCUT2D eigenvalue weighted by Gasteiger charge is -2.62. The number of aliphatic carboxylic acids is 1. The summed E-state index contributed by atoms with van der Waals surface area (Å²) in [7, 11) is 0. The summed E-state index contributed by atoms with van der Waals surface area (Å²) < 4.78 is 2.07. The van der Waals surface area contributed by atoms with Gasteiger partial charge in [-0.3, -0.25) is 9.59 Å². The minimum absolute atomic E-state index is 0.0273. The van der Waals surface area contributed by atoms with Gasteiger partial charge in [-0.25, -0.2) is 0 Å². The normalized spacial score (nSPS) is 26.7. The first-order valence-electron chi connectivity index (χ1n) is 11.1. The number of halogens is 1. The molecule has 3 aliphatic rings. The van der Waals surface area contributed by atoms with Crippen LogP contribution in [0, 0.1) is 23.2 Å². The van der Waals surface area contributed by atoms with Gasteiger partial charge in [0.2, 0.25) is 0 Å². The van der Waals surface area contributed by atoms with Crippen LogP contribution in [0.4, 0.5) is 0 Å². The fourth-order valence-corrected chi connectivity index (χ4v) is 7.32. The Labute approximate surface area is 196 Å². The monoisotopic (exact) mass is 503 g/mol. The summed E-state index contributed by atoms with van der Waals surface area (Å²) >= 11 is 5.18. The van der Waals surface area contributed by atoms with E-state index >= 15 is 0 Å². The highest BCUT2D eigenvalue weighted by Gasteiger charge is 2.57. The van der Waals surface area contributed by atoms with Crippen molar-refractivity contribution < 1.29 is 14.7 Å². The summed E-state index contributed by atoms with van der Waals surface area (Å²) in [5.41, 5.74) is 1.09. The van der Waals surface area contributed by atoms with Crippen LogP contribution < -0.4 is 5.32 Å². The number of thiophene rings is 1. The Morgan fingerprint density at radius 2 is 2.10 bits per heavy atom. The van der Waals surface area contributed by atoms with Crippen LogP contribution in [0.15, 0.2) is 40.2 Å². The zero-order valence-electron chi connectivity index (χ0n) is 18.1. The molecule has 6 heteroatoms. The number of benzene rings is 1. The van der Waals surface area contributed by atoms with E-state index in [4.69, 9.17) is 5.11 Å². The number of hydrogen-bond donors (Lipinski definition) is 2. The second kappa shape index (κ2) is 9.07. The van der Waals surface area contributed by atoms with Gasteiger partial charge in [0.1, 0.15) is 0 Å². The van der Waals surface area contributed by atoms with Crippen molar-refractivity contribution in [2.75, 3.05) is 0 Å². The molecule has 3 fully saturated rings. The summed E-state index contributed by atoms with van der Waals surface area (Å²) in [6.45, 7) is 4.74. The van der Waals surface area contributed by atoms with E-state index in [0.717, 1.165) is 39.4 Å². The molecule has 0 aliphatic heterocycles. The van der Waals surface area contributed by atoms with Gasteiger partial charge in [-0.05, 0) is 77.3 Å². The number of rotatable bonds is 8. The second-order valence-corrected chi connectivity index (χ2v) is 11.3. The number of hydrogen-bond acceptors (Lipinski definition) is 3. The molecule has 31 heavy (non-hydrogen) atoms. The minimum atomic E-state index is -0.737. The van der Waals surface area contributed by atoms with E-state index in [1.807, 2.05) is 23.6 Å². The van der Waals surface area contributed by atoms with E-state index in [0.29, 0.717) is 29.6 Å². The van der Waals surface area contributed by atoms with Crippen molar-refractivity contribution in [2.45, 2.75) is 58.4 Å². The lowest BCUT2D eigenvalue weighted by molar-refractivity contribution is -0.137. The van der Waals surface area contributed by atoms with E-state index < -0.39 is 5.97 Å². The molecule has 1 heterocycles. The Morgan fingerprint density at radius 3 is 2.84 bits per heavy atom. The largest absolute Gasteiger partial charge is 0.481 e. The van der Waals surface area contributed by atoms with E-state index in [1.54, 1.807) is 11.3 Å². The van der Waals surface area contributed by atoms with Crippen LogP contribution in [-0.2, 0) is 4.79 Å². The van der Waals surface area contributed by atoms with Crippen molar-refractivity contribution in [3.05, 3.63) is 45.8 Å². The number of fused-ring (bicyclic) bond motifs is 3. The van der Waals surface area contributed by atoms with Crippen LogP contribution in [0.1, 0.15) is 62.7 Å². The number of amides is 1. The Hall–Kier alpha value is -1.66. The lowest BCUT2D eigenvalue weighted by Crippen LogP contribution is -2.61. The zero-order chi connectivity index (χ0) is 22.2. The molecule has 0 radical (unpaired) electrons. The van der Waals surface area contributed by atoms with Crippen molar-refractivity contribution in [3.63, 3.8) is 0 Å². The maximum absolute atomic E-state index is 13.3. The quantitative estimate of drug-likeness (QED) is 0.313. The van der Waals surface area contributed by atoms with Crippen LogP contribution in [-0.4, -0.2) is 23.0 Å². The van der Waals surface area contributed by atoms with E-state index in [9.17, 15) is 9.59 Å². The molecule has 1 amide bonds. The molecule has 2 N–H and O–H groups in total. The molecule has 1 aromatic heterocycles. The van der Waals surface area contributed by atoms with E-state index in [2.05, 4.69) is 47.2 Å². The third kappa shape index (κ3) is 4.47. The van der Waals surface area contributed by atoms with Gasteiger partial charge < -0.3 is 10.4 Å². The fraction of sp³-hybridized carbons (Fsp3) is 0.520. The molecule has 1 aromatic carbocycles. The van der Waals surface area contributed by atoms with Gasteiger partial charge in [0.05, 0.1) is 5.56 Å². The van der Waals surface area contributed by atoms with Crippen molar-refractivity contribution in [3.8, 4) is 0 Å². The molecule has 3 saturated carbocycles. The Kier molecular flexibility index (Phi) is 6.59. The molecule has 4 atom stereocenters. The smallest absolute Gasteiger partial charge is 0.303 e. The van der Waals surface area contributed by atoms with E-state index in [1.165, 1.54) is 6.42 Å². The summed E-state index contributed by atoms with van der Waals surface area (Å²) in [5.74, 6) is 1.00. The van der Waals surface area contributed by atoms with Crippen molar-refractivity contribution in [1.82, 2.24) is 5.32 Å². The van der Waals surface area contributed by atoms with E-state index in [-0.39, 0.29) is 18.4 Å². The Bertz CT molecular complexity index is 1010. The average Bonchev–Trinajstić information content (AvgIpc) is 3.11. The maximum atomic E-state index is 13.3. The summed E-state index contributed by atoms with van der Waals surface area (Å²) in [6.07, 6.45) is 9.24. The summed E-state index contributed by atoms with van der Waals surface area (Å²) in [6, 6.07) is 6.11. The van der Waals surface area contributed by atoms with Crippen LogP contribution in [0.25, 0.3) is 10.1 Å². The van der Waals surface area contributed by atoms with Gasteiger partial charge >= 0.3 is 5.97 Å². The highest BCUT2D eigenvalue weighted by Crippen LogP contribution is 2.62. The SMILES string of the molecule is CC1(C)C2CC(NC(=O)c3cccc4c(Br)csc34)C(C/C=C\CCCC(=O)O)C1C2. The molecule has 0 saturated heterocycles. The Balaban J connectivity index is 1.46. The number of carboxylic acids is 1. The molecule has 2 aromatic rings. The molecule has 5 rings (SSSR count). The number of carboxylic acid groups (broad SMARTS) is 1. The topological polar surface area (TPSA) is 66.4 Å². The van der Waals surface area contributed by atoms with Crippen LogP contribution in [0.2, 0.25) is 0 Å².